The Morgan fingerprint density at radius 1 is 1.06 bits per heavy atom. The number of nitrogens with zero attached hydrogens (tertiary/aromatic N) is 6. The van der Waals surface area contributed by atoms with Gasteiger partial charge in [0.25, 0.3) is 5.69 Å². The molecule has 0 unspecified atom stereocenters. The van der Waals surface area contributed by atoms with Gasteiger partial charge in [-0.25, -0.2) is 14.6 Å². The summed E-state index contributed by atoms with van der Waals surface area (Å²) in [7, 11) is 0. The molecule has 2 saturated heterocycles. The van der Waals surface area contributed by atoms with Gasteiger partial charge in [0.2, 0.25) is 0 Å². The zero-order valence-corrected chi connectivity index (χ0v) is 16.5. The number of non-ortho nitro benzene ring substituents is 1. The minimum Gasteiger partial charge on any atom is -0.377 e. The van der Waals surface area contributed by atoms with Crippen molar-refractivity contribution < 1.29 is 27.6 Å². The number of morpholine rings is 2. The third kappa shape index (κ3) is 3.73. The molecule has 0 atom stereocenters. The van der Waals surface area contributed by atoms with E-state index in [0.29, 0.717) is 43.2 Å². The lowest BCUT2D eigenvalue weighted by Crippen LogP contribution is -2.60. The van der Waals surface area contributed by atoms with E-state index in [2.05, 4.69) is 15.1 Å². The summed E-state index contributed by atoms with van der Waals surface area (Å²) in [5.41, 5.74) is 0.358. The minimum atomic E-state index is -4.49. The van der Waals surface area contributed by atoms with Gasteiger partial charge in [-0.05, 0) is 12.1 Å². The van der Waals surface area contributed by atoms with Crippen molar-refractivity contribution in [1.82, 2.24) is 19.7 Å². The van der Waals surface area contributed by atoms with Crippen molar-refractivity contribution >= 4 is 22.5 Å². The molecule has 0 N–H and O–H groups in total. The molecule has 2 aliphatic heterocycles. The highest BCUT2D eigenvalue weighted by molar-refractivity contribution is 5.89. The maximum absolute atomic E-state index is 13.1. The second-order valence-electron chi connectivity index (χ2n) is 7.62. The topological polar surface area (TPSA) is 108 Å². The molecule has 0 amide bonds. The first-order chi connectivity index (χ1) is 15.3. The average molecular weight is 450 g/mol. The highest BCUT2D eigenvalue weighted by Crippen LogP contribution is 2.34. The molecular weight excluding hydrogens is 433 g/mol. The molecule has 3 aromatic rings. The standard InChI is InChI=1S/C19H17F3N6O4/c20-19(21,22)10-26-17-15(5-23-26)18(27-13-6-31-8-14(27)9-32-7-13)25-16(24-17)11-1-3-12(4-2-11)28(29)30/h1-5,13-14H,6-10H2. The van der Waals surface area contributed by atoms with Gasteiger partial charge in [0.05, 0.1) is 55.0 Å². The number of hydrogen-bond donors (Lipinski definition) is 0. The molecule has 2 aliphatic rings. The van der Waals surface area contributed by atoms with Gasteiger partial charge in [-0.1, -0.05) is 0 Å². The number of fused-ring (bicyclic) bond motifs is 3. The number of halogens is 3. The lowest BCUT2D eigenvalue weighted by Gasteiger charge is -2.46. The van der Waals surface area contributed by atoms with Crippen molar-refractivity contribution in [1.29, 1.82) is 0 Å². The van der Waals surface area contributed by atoms with E-state index in [-0.39, 0.29) is 29.2 Å². The van der Waals surface area contributed by atoms with Crippen LogP contribution >= 0.6 is 0 Å². The molecule has 5 rings (SSSR count). The molecule has 0 spiro atoms. The molecule has 4 heterocycles. The van der Waals surface area contributed by atoms with Gasteiger partial charge in [-0.2, -0.15) is 18.3 Å². The highest BCUT2D eigenvalue weighted by atomic mass is 19.4. The summed E-state index contributed by atoms with van der Waals surface area (Å²) in [6.45, 7) is 0.278. The van der Waals surface area contributed by atoms with Crippen LogP contribution in [0.15, 0.2) is 30.5 Å². The second kappa shape index (κ2) is 7.67. The zero-order chi connectivity index (χ0) is 22.5. The van der Waals surface area contributed by atoms with E-state index in [9.17, 15) is 23.3 Å². The number of nitro groups is 1. The Morgan fingerprint density at radius 3 is 2.25 bits per heavy atom. The van der Waals surface area contributed by atoms with Crippen LogP contribution in [0.5, 0.6) is 0 Å². The highest BCUT2D eigenvalue weighted by Gasteiger charge is 2.38. The van der Waals surface area contributed by atoms with Crippen molar-refractivity contribution in [2.24, 2.45) is 0 Å². The fraction of sp³-hybridized carbons (Fsp3) is 0.421. The van der Waals surface area contributed by atoms with Gasteiger partial charge in [-0.3, -0.25) is 10.1 Å². The van der Waals surface area contributed by atoms with Crippen molar-refractivity contribution in [3.05, 3.63) is 40.6 Å². The number of anilines is 1. The molecule has 32 heavy (non-hydrogen) atoms. The molecule has 2 fully saturated rings. The molecule has 1 aromatic carbocycles. The molecule has 2 aromatic heterocycles. The Hall–Kier alpha value is -3.32. The van der Waals surface area contributed by atoms with E-state index in [4.69, 9.17) is 9.47 Å². The number of hydrogen-bond acceptors (Lipinski definition) is 8. The summed E-state index contributed by atoms with van der Waals surface area (Å²) < 4.78 is 51.4. The van der Waals surface area contributed by atoms with E-state index in [0.717, 1.165) is 4.68 Å². The molecule has 10 nitrogen and oxygen atoms in total. The van der Waals surface area contributed by atoms with Gasteiger partial charge in [0.15, 0.2) is 11.5 Å². The molecule has 0 saturated carbocycles. The van der Waals surface area contributed by atoms with Crippen LogP contribution in [0.2, 0.25) is 0 Å². The van der Waals surface area contributed by atoms with Crippen molar-refractivity contribution in [3.8, 4) is 11.4 Å². The lowest BCUT2D eigenvalue weighted by molar-refractivity contribution is -0.384. The van der Waals surface area contributed by atoms with Crippen molar-refractivity contribution in [2.45, 2.75) is 24.8 Å². The largest absolute Gasteiger partial charge is 0.408 e. The summed E-state index contributed by atoms with van der Waals surface area (Å²) >= 11 is 0. The molecule has 0 aliphatic carbocycles. The van der Waals surface area contributed by atoms with Gasteiger partial charge in [0.1, 0.15) is 12.4 Å². The van der Waals surface area contributed by atoms with Gasteiger partial charge >= 0.3 is 6.18 Å². The Balaban J connectivity index is 1.67. The number of nitro benzene ring substituents is 1. The van der Waals surface area contributed by atoms with Crippen LogP contribution < -0.4 is 4.90 Å². The SMILES string of the molecule is O=[N+]([O-])c1ccc(-c2nc(N3C4COCC3COC4)c3cnn(CC(F)(F)F)c3n2)cc1. The summed E-state index contributed by atoms with van der Waals surface area (Å²) in [4.78, 5) is 21.4. The molecule has 2 bridgehead atoms. The Bertz CT molecular complexity index is 1140. The number of ether oxygens (including phenoxy) is 2. The van der Waals surface area contributed by atoms with Crippen LogP contribution in [0.1, 0.15) is 0 Å². The summed E-state index contributed by atoms with van der Waals surface area (Å²) in [6, 6.07) is 5.22. The van der Waals surface area contributed by atoms with Crippen LogP contribution in [0.3, 0.4) is 0 Å². The first kappa shape index (κ1) is 20.6. The number of alkyl halides is 3. The smallest absolute Gasteiger partial charge is 0.377 e. The molecular formula is C19H17F3N6O4. The normalized spacial score (nSPS) is 21.2. The number of rotatable bonds is 4. The Kier molecular flexibility index (Phi) is 4.93. The third-order valence-electron chi connectivity index (χ3n) is 5.41. The van der Waals surface area contributed by atoms with E-state index in [1.165, 1.54) is 30.5 Å². The fourth-order valence-electron chi connectivity index (χ4n) is 4.03. The Morgan fingerprint density at radius 2 is 1.69 bits per heavy atom. The van der Waals surface area contributed by atoms with Crippen molar-refractivity contribution in [3.63, 3.8) is 0 Å². The van der Waals surface area contributed by atoms with Crippen LogP contribution in [0, 0.1) is 10.1 Å². The first-order valence-corrected chi connectivity index (χ1v) is 9.79. The summed E-state index contributed by atoms with van der Waals surface area (Å²) in [5, 5.41) is 15.3. The van der Waals surface area contributed by atoms with Crippen LogP contribution in [0.25, 0.3) is 22.4 Å². The van der Waals surface area contributed by atoms with Crippen LogP contribution in [0.4, 0.5) is 24.7 Å². The van der Waals surface area contributed by atoms with Crippen LogP contribution in [-0.4, -0.2) is 69.4 Å². The monoisotopic (exact) mass is 450 g/mol. The quantitative estimate of drug-likeness (QED) is 0.441. The van der Waals surface area contributed by atoms with Gasteiger partial charge in [0, 0.05) is 17.7 Å². The third-order valence-corrected chi connectivity index (χ3v) is 5.41. The number of aromatic nitrogens is 4. The minimum absolute atomic E-state index is 0.0335. The number of benzene rings is 1. The zero-order valence-electron chi connectivity index (χ0n) is 16.5. The van der Waals surface area contributed by atoms with E-state index in [1.807, 2.05) is 4.90 Å². The molecule has 0 radical (unpaired) electrons. The van der Waals surface area contributed by atoms with E-state index in [1.54, 1.807) is 0 Å². The lowest BCUT2D eigenvalue weighted by atomic mass is 10.1. The van der Waals surface area contributed by atoms with Gasteiger partial charge < -0.3 is 14.4 Å². The van der Waals surface area contributed by atoms with Gasteiger partial charge in [-0.15, -0.1) is 0 Å². The van der Waals surface area contributed by atoms with E-state index >= 15 is 0 Å². The maximum Gasteiger partial charge on any atom is 0.408 e. The first-order valence-electron chi connectivity index (χ1n) is 9.79. The summed E-state index contributed by atoms with van der Waals surface area (Å²) in [6.07, 6.45) is -3.15. The fourth-order valence-corrected chi connectivity index (χ4v) is 4.03. The molecule has 13 heteroatoms. The predicted octanol–water partition coefficient (Wildman–Crippen LogP) is 2.57. The second-order valence-corrected chi connectivity index (χ2v) is 7.62. The predicted molar refractivity (Wildman–Crippen MR) is 105 cm³/mol. The summed E-state index contributed by atoms with van der Waals surface area (Å²) in [5.74, 6) is 0.593. The maximum atomic E-state index is 13.1. The average Bonchev–Trinajstić information content (AvgIpc) is 3.13. The van der Waals surface area contributed by atoms with E-state index < -0.39 is 17.6 Å². The van der Waals surface area contributed by atoms with Crippen LogP contribution in [-0.2, 0) is 16.0 Å². The van der Waals surface area contributed by atoms with Crippen molar-refractivity contribution in [2.75, 3.05) is 31.3 Å². The Labute approximate surface area is 178 Å². The molecule has 168 valence electrons.